The normalized spacial score (nSPS) is 23.3. The van der Waals surface area contributed by atoms with Crippen molar-refractivity contribution in [3.8, 4) is 0 Å². The van der Waals surface area contributed by atoms with Crippen molar-refractivity contribution >= 4 is 56.4 Å². The Morgan fingerprint density at radius 1 is 1.10 bits per heavy atom. The minimum atomic E-state index is -0.541. The van der Waals surface area contributed by atoms with E-state index in [0.717, 1.165) is 25.5 Å². The fraction of sp³-hybridized carbons (Fsp3) is 0.304. The van der Waals surface area contributed by atoms with E-state index in [1.54, 1.807) is 28.4 Å². The zero-order chi connectivity index (χ0) is 21.5. The van der Waals surface area contributed by atoms with Gasteiger partial charge in [0.2, 0.25) is 11.8 Å². The van der Waals surface area contributed by atoms with Crippen LogP contribution in [0.1, 0.15) is 16.9 Å². The van der Waals surface area contributed by atoms with Gasteiger partial charge in [0.15, 0.2) is 0 Å². The molecule has 31 heavy (non-hydrogen) atoms. The molecule has 3 atom stereocenters. The molecule has 2 aromatic carbocycles. The minimum Gasteiger partial charge on any atom is -0.342 e. The molecule has 2 aliphatic heterocycles. The van der Waals surface area contributed by atoms with E-state index in [-0.39, 0.29) is 17.9 Å². The van der Waals surface area contributed by atoms with Crippen molar-refractivity contribution in [3.63, 3.8) is 0 Å². The average Bonchev–Trinajstić information content (AvgIpc) is 3.34. The van der Waals surface area contributed by atoms with Crippen LogP contribution in [0.3, 0.4) is 0 Å². The maximum absolute atomic E-state index is 13.1. The van der Waals surface area contributed by atoms with E-state index in [0.29, 0.717) is 31.0 Å². The Hall–Kier alpha value is -2.12. The molecule has 160 valence electrons. The number of nitrogens with one attached hydrogen (secondary N) is 2. The Labute approximate surface area is 194 Å². The first-order valence-corrected chi connectivity index (χ1v) is 11.8. The van der Waals surface area contributed by atoms with Crippen molar-refractivity contribution in [2.24, 2.45) is 0 Å². The SMILES string of the molecule is O=C1N[C@@H](Cc2ccc(Cl)cc2)C(=O)N2C[C@@H](NCc3sc4ccccc4c3Cl)C[C@@H]12. The van der Waals surface area contributed by atoms with E-state index in [1.165, 1.54) is 0 Å². The van der Waals surface area contributed by atoms with Gasteiger partial charge in [0.1, 0.15) is 12.1 Å². The number of amides is 2. The molecule has 8 heteroatoms. The Bertz CT molecular complexity index is 1150. The highest BCUT2D eigenvalue weighted by molar-refractivity contribution is 7.19. The molecule has 0 aliphatic carbocycles. The molecule has 2 aliphatic rings. The number of halogens is 2. The highest BCUT2D eigenvalue weighted by Crippen LogP contribution is 2.35. The standard InChI is InChI=1S/C23H21Cl2N3O2S/c24-14-7-5-13(6-8-14)9-17-23(30)28-12-15(10-18(28)22(29)27-17)26-11-20-21(25)16-3-1-2-4-19(16)31-20/h1-8,15,17-18,26H,9-12H2,(H,27,29)/t15-,17-,18-/m0/s1. The van der Waals surface area contributed by atoms with Crippen LogP contribution in [0, 0.1) is 0 Å². The highest BCUT2D eigenvalue weighted by atomic mass is 35.5. The number of carbonyl (C=O) groups is 2. The van der Waals surface area contributed by atoms with Gasteiger partial charge in [0.05, 0.1) is 5.02 Å². The highest BCUT2D eigenvalue weighted by Gasteiger charge is 2.46. The van der Waals surface area contributed by atoms with E-state index in [1.807, 2.05) is 30.3 Å². The quantitative estimate of drug-likeness (QED) is 0.588. The van der Waals surface area contributed by atoms with Gasteiger partial charge in [-0.2, -0.15) is 0 Å². The number of carbonyl (C=O) groups excluding carboxylic acids is 2. The summed E-state index contributed by atoms with van der Waals surface area (Å²) in [7, 11) is 0. The summed E-state index contributed by atoms with van der Waals surface area (Å²) in [5.41, 5.74) is 0.967. The lowest BCUT2D eigenvalue weighted by atomic mass is 10.0. The topological polar surface area (TPSA) is 61.4 Å². The van der Waals surface area contributed by atoms with E-state index >= 15 is 0 Å². The molecule has 2 saturated heterocycles. The van der Waals surface area contributed by atoms with Crippen LogP contribution in [0.4, 0.5) is 0 Å². The molecule has 2 fully saturated rings. The van der Waals surface area contributed by atoms with Gasteiger partial charge in [-0.25, -0.2) is 0 Å². The first kappa shape index (κ1) is 20.8. The van der Waals surface area contributed by atoms with Crippen LogP contribution < -0.4 is 10.6 Å². The fourth-order valence-electron chi connectivity index (χ4n) is 4.42. The van der Waals surface area contributed by atoms with Gasteiger partial charge in [-0.05, 0) is 30.2 Å². The number of fused-ring (bicyclic) bond motifs is 2. The largest absolute Gasteiger partial charge is 0.342 e. The predicted molar refractivity (Wildman–Crippen MR) is 125 cm³/mol. The zero-order valence-electron chi connectivity index (χ0n) is 16.6. The summed E-state index contributed by atoms with van der Waals surface area (Å²) in [4.78, 5) is 28.5. The molecule has 0 spiro atoms. The average molecular weight is 474 g/mol. The van der Waals surface area contributed by atoms with Crippen LogP contribution in [0.15, 0.2) is 48.5 Å². The smallest absolute Gasteiger partial charge is 0.246 e. The van der Waals surface area contributed by atoms with Crippen LogP contribution in [0.5, 0.6) is 0 Å². The van der Waals surface area contributed by atoms with Crippen LogP contribution >= 0.6 is 34.5 Å². The second-order valence-corrected chi connectivity index (χ2v) is 10.00. The molecular formula is C23H21Cl2N3O2S. The summed E-state index contributed by atoms with van der Waals surface area (Å²) in [6.07, 6.45) is 1.06. The first-order valence-electron chi connectivity index (χ1n) is 10.2. The van der Waals surface area contributed by atoms with Gasteiger partial charge < -0.3 is 15.5 Å². The van der Waals surface area contributed by atoms with Crippen LogP contribution in [0.25, 0.3) is 10.1 Å². The number of nitrogens with zero attached hydrogens (tertiary/aromatic N) is 1. The molecular weight excluding hydrogens is 453 g/mol. The minimum absolute atomic E-state index is 0.0243. The summed E-state index contributed by atoms with van der Waals surface area (Å²) >= 11 is 14.2. The lowest BCUT2D eigenvalue weighted by Crippen LogP contribution is -2.61. The predicted octanol–water partition coefficient (Wildman–Crippen LogP) is 4.01. The Kier molecular flexibility index (Phi) is 5.65. The monoisotopic (exact) mass is 473 g/mol. The molecule has 5 nitrogen and oxygen atoms in total. The molecule has 0 bridgehead atoms. The second-order valence-electron chi connectivity index (χ2n) is 8.05. The van der Waals surface area contributed by atoms with E-state index in [4.69, 9.17) is 23.2 Å². The van der Waals surface area contributed by atoms with Gasteiger partial charge in [-0.15, -0.1) is 11.3 Å². The van der Waals surface area contributed by atoms with Gasteiger partial charge in [-0.1, -0.05) is 53.5 Å². The Balaban J connectivity index is 1.24. The summed E-state index contributed by atoms with van der Waals surface area (Å²) in [5.74, 6) is -0.105. The Morgan fingerprint density at radius 3 is 2.65 bits per heavy atom. The molecule has 0 radical (unpaired) electrons. The summed E-state index contributed by atoms with van der Waals surface area (Å²) in [5, 5.41) is 8.91. The number of rotatable bonds is 5. The van der Waals surface area contributed by atoms with Gasteiger partial charge in [-0.3, -0.25) is 9.59 Å². The second kappa shape index (κ2) is 8.43. The third-order valence-corrected chi connectivity index (χ3v) is 7.97. The van der Waals surface area contributed by atoms with E-state index < -0.39 is 12.1 Å². The zero-order valence-corrected chi connectivity index (χ0v) is 18.9. The van der Waals surface area contributed by atoms with Crippen LogP contribution in [-0.2, 0) is 22.6 Å². The van der Waals surface area contributed by atoms with E-state index in [9.17, 15) is 9.59 Å². The maximum atomic E-state index is 13.1. The summed E-state index contributed by atoms with van der Waals surface area (Å²) < 4.78 is 1.16. The van der Waals surface area contributed by atoms with Crippen LogP contribution in [-0.4, -0.2) is 41.4 Å². The third kappa shape index (κ3) is 4.05. The van der Waals surface area contributed by atoms with Crippen molar-refractivity contribution < 1.29 is 9.59 Å². The molecule has 0 unspecified atom stereocenters. The lowest BCUT2D eigenvalue weighted by molar-refractivity contribution is -0.147. The van der Waals surface area contributed by atoms with Crippen molar-refractivity contribution in [2.75, 3.05) is 6.54 Å². The van der Waals surface area contributed by atoms with Crippen LogP contribution in [0.2, 0.25) is 10.0 Å². The van der Waals surface area contributed by atoms with Crippen molar-refractivity contribution in [1.29, 1.82) is 0 Å². The Morgan fingerprint density at radius 2 is 1.87 bits per heavy atom. The third-order valence-electron chi connectivity index (χ3n) is 6.01. The fourth-order valence-corrected chi connectivity index (χ4v) is 5.99. The summed E-state index contributed by atoms with van der Waals surface area (Å²) in [6, 6.07) is 14.5. The van der Waals surface area contributed by atoms with Crippen molar-refractivity contribution in [1.82, 2.24) is 15.5 Å². The summed E-state index contributed by atoms with van der Waals surface area (Å²) in [6.45, 7) is 1.14. The first-order chi connectivity index (χ1) is 15.0. The van der Waals surface area contributed by atoms with E-state index in [2.05, 4.69) is 16.7 Å². The van der Waals surface area contributed by atoms with Gasteiger partial charge >= 0.3 is 0 Å². The molecule has 2 amide bonds. The van der Waals surface area contributed by atoms with Gasteiger partial charge in [0, 0.05) is 45.5 Å². The van der Waals surface area contributed by atoms with Crippen molar-refractivity contribution in [2.45, 2.75) is 37.5 Å². The number of hydrogen-bond acceptors (Lipinski definition) is 4. The number of benzene rings is 2. The number of hydrogen-bond donors (Lipinski definition) is 2. The molecule has 3 heterocycles. The number of piperazine rings is 1. The molecule has 3 aromatic rings. The number of thiophene rings is 1. The van der Waals surface area contributed by atoms with Crippen molar-refractivity contribution in [3.05, 3.63) is 69.0 Å². The molecule has 5 rings (SSSR count). The molecule has 0 saturated carbocycles. The maximum Gasteiger partial charge on any atom is 0.246 e. The molecule has 2 N–H and O–H groups in total. The lowest BCUT2D eigenvalue weighted by Gasteiger charge is -2.34. The van der Waals surface area contributed by atoms with Gasteiger partial charge in [0.25, 0.3) is 0 Å². The molecule has 1 aromatic heterocycles.